The third-order valence-corrected chi connectivity index (χ3v) is 3.29. The fraction of sp³-hybridized carbons (Fsp3) is 0.533. The van der Waals surface area contributed by atoms with Crippen LogP contribution in [0.2, 0.25) is 0 Å². The maximum Gasteiger partial charge on any atom is 0.154 e. The summed E-state index contributed by atoms with van der Waals surface area (Å²) < 4.78 is 7.35. The number of imidazole rings is 1. The first-order valence-electron chi connectivity index (χ1n) is 6.94. The van der Waals surface area contributed by atoms with E-state index in [-0.39, 0.29) is 0 Å². The van der Waals surface area contributed by atoms with E-state index < -0.39 is 6.29 Å². The van der Waals surface area contributed by atoms with Crippen molar-refractivity contribution in [1.82, 2.24) is 9.55 Å². The van der Waals surface area contributed by atoms with Gasteiger partial charge in [0, 0.05) is 13.2 Å². The van der Waals surface area contributed by atoms with Gasteiger partial charge in [-0.25, -0.2) is 4.98 Å². The molecular formula is C15H22N2O2. The van der Waals surface area contributed by atoms with Crippen molar-refractivity contribution in [3.8, 4) is 0 Å². The number of rotatable bonds is 7. The van der Waals surface area contributed by atoms with E-state index in [1.807, 2.05) is 32.0 Å². The van der Waals surface area contributed by atoms with E-state index in [4.69, 9.17) is 4.74 Å². The molecule has 0 fully saturated rings. The SMILES string of the molecule is CCOC(O)CCCCn1c(C)nc2ccccc21. The summed E-state index contributed by atoms with van der Waals surface area (Å²) in [4.78, 5) is 4.55. The Balaban J connectivity index is 1.89. The van der Waals surface area contributed by atoms with Gasteiger partial charge >= 0.3 is 0 Å². The monoisotopic (exact) mass is 262 g/mol. The largest absolute Gasteiger partial charge is 0.368 e. The molecule has 4 nitrogen and oxygen atoms in total. The fourth-order valence-corrected chi connectivity index (χ4v) is 2.34. The van der Waals surface area contributed by atoms with Crippen LogP contribution in [0.4, 0.5) is 0 Å². The molecule has 0 spiro atoms. The second kappa shape index (κ2) is 6.68. The molecule has 1 unspecified atom stereocenters. The van der Waals surface area contributed by atoms with Crippen LogP contribution in [0, 0.1) is 6.92 Å². The van der Waals surface area contributed by atoms with Gasteiger partial charge in [0.05, 0.1) is 11.0 Å². The summed E-state index contributed by atoms with van der Waals surface area (Å²) in [6.07, 6.45) is 2.04. The predicted molar refractivity (Wildman–Crippen MR) is 76.0 cm³/mol. The second-order valence-electron chi connectivity index (χ2n) is 4.71. The fourth-order valence-electron chi connectivity index (χ4n) is 2.34. The number of aliphatic hydroxyl groups excluding tert-OH is 1. The summed E-state index contributed by atoms with van der Waals surface area (Å²) in [6.45, 7) is 5.43. The first-order valence-corrected chi connectivity index (χ1v) is 6.94. The number of aromatic nitrogens is 2. The zero-order valence-electron chi connectivity index (χ0n) is 11.7. The zero-order chi connectivity index (χ0) is 13.7. The Morgan fingerprint density at radius 3 is 2.89 bits per heavy atom. The molecule has 1 atom stereocenters. The number of ether oxygens (including phenoxy) is 1. The van der Waals surface area contributed by atoms with Crippen molar-refractivity contribution in [1.29, 1.82) is 0 Å². The highest BCUT2D eigenvalue weighted by Gasteiger charge is 2.07. The highest BCUT2D eigenvalue weighted by molar-refractivity contribution is 5.75. The first-order chi connectivity index (χ1) is 9.22. The molecule has 1 aromatic carbocycles. The molecule has 1 aromatic heterocycles. The maximum absolute atomic E-state index is 9.49. The van der Waals surface area contributed by atoms with Crippen LogP contribution in [0.25, 0.3) is 11.0 Å². The molecule has 2 rings (SSSR count). The van der Waals surface area contributed by atoms with Gasteiger partial charge in [-0.3, -0.25) is 0 Å². The van der Waals surface area contributed by atoms with Crippen LogP contribution in [-0.2, 0) is 11.3 Å². The summed E-state index contributed by atoms with van der Waals surface area (Å²) in [5.41, 5.74) is 2.24. The Morgan fingerprint density at radius 2 is 2.11 bits per heavy atom. The summed E-state index contributed by atoms with van der Waals surface area (Å²) in [5, 5.41) is 9.49. The molecule has 4 heteroatoms. The van der Waals surface area contributed by atoms with Gasteiger partial charge in [0.2, 0.25) is 0 Å². The summed E-state index contributed by atoms with van der Waals surface area (Å²) in [7, 11) is 0. The molecule has 0 aliphatic heterocycles. The van der Waals surface area contributed by atoms with E-state index in [0.29, 0.717) is 13.0 Å². The number of benzene rings is 1. The molecule has 1 heterocycles. The average Bonchev–Trinajstić information content (AvgIpc) is 2.71. The number of para-hydroxylation sites is 2. The van der Waals surface area contributed by atoms with E-state index >= 15 is 0 Å². The number of aliphatic hydroxyl groups is 1. The normalized spacial score (nSPS) is 13.0. The van der Waals surface area contributed by atoms with Crippen molar-refractivity contribution < 1.29 is 9.84 Å². The Kier molecular flexibility index (Phi) is 4.93. The average molecular weight is 262 g/mol. The molecule has 0 aliphatic carbocycles. The Labute approximate surface area is 114 Å². The summed E-state index contributed by atoms with van der Waals surface area (Å²) in [5.74, 6) is 1.05. The maximum atomic E-state index is 9.49. The van der Waals surface area contributed by atoms with E-state index in [0.717, 1.165) is 30.7 Å². The minimum Gasteiger partial charge on any atom is -0.368 e. The molecule has 0 saturated heterocycles. The molecular weight excluding hydrogens is 240 g/mol. The van der Waals surface area contributed by atoms with Gasteiger partial charge in [0.25, 0.3) is 0 Å². The smallest absolute Gasteiger partial charge is 0.154 e. The molecule has 0 amide bonds. The van der Waals surface area contributed by atoms with Crippen LogP contribution in [0.5, 0.6) is 0 Å². The van der Waals surface area contributed by atoms with Gasteiger partial charge in [-0.05, 0) is 45.2 Å². The van der Waals surface area contributed by atoms with Crippen LogP contribution in [0.3, 0.4) is 0 Å². The van der Waals surface area contributed by atoms with E-state index in [1.54, 1.807) is 0 Å². The van der Waals surface area contributed by atoms with Crippen molar-refractivity contribution in [2.45, 2.75) is 45.9 Å². The summed E-state index contributed by atoms with van der Waals surface area (Å²) >= 11 is 0. The van der Waals surface area contributed by atoms with Crippen molar-refractivity contribution >= 4 is 11.0 Å². The summed E-state index contributed by atoms with van der Waals surface area (Å²) in [6, 6.07) is 8.19. The molecule has 0 radical (unpaired) electrons. The van der Waals surface area contributed by atoms with Crippen molar-refractivity contribution in [3.63, 3.8) is 0 Å². The van der Waals surface area contributed by atoms with Gasteiger partial charge < -0.3 is 14.4 Å². The van der Waals surface area contributed by atoms with Crippen LogP contribution in [0.1, 0.15) is 32.0 Å². The van der Waals surface area contributed by atoms with Gasteiger partial charge in [-0.2, -0.15) is 0 Å². The van der Waals surface area contributed by atoms with Crippen molar-refractivity contribution in [3.05, 3.63) is 30.1 Å². The van der Waals surface area contributed by atoms with Crippen LogP contribution in [0.15, 0.2) is 24.3 Å². The first kappa shape index (κ1) is 14.0. The minimum absolute atomic E-state index is 0.562. The molecule has 0 saturated carbocycles. The lowest BCUT2D eigenvalue weighted by molar-refractivity contribution is -0.0994. The Bertz CT molecular complexity index is 522. The number of hydrogen-bond acceptors (Lipinski definition) is 3. The topological polar surface area (TPSA) is 47.3 Å². The molecule has 0 bridgehead atoms. The number of fused-ring (bicyclic) bond motifs is 1. The Hall–Kier alpha value is -1.39. The van der Waals surface area contributed by atoms with Crippen molar-refractivity contribution in [2.75, 3.05) is 6.61 Å². The molecule has 0 aliphatic rings. The molecule has 19 heavy (non-hydrogen) atoms. The van der Waals surface area contributed by atoms with E-state index in [2.05, 4.69) is 15.6 Å². The lowest BCUT2D eigenvalue weighted by atomic mass is 10.2. The Morgan fingerprint density at radius 1 is 1.32 bits per heavy atom. The third-order valence-electron chi connectivity index (χ3n) is 3.29. The standard InChI is InChI=1S/C15H22N2O2/c1-3-19-15(18)10-6-7-11-17-12(2)16-13-8-4-5-9-14(13)17/h4-5,8-9,15,18H,3,6-7,10-11H2,1-2H3. The second-order valence-corrected chi connectivity index (χ2v) is 4.71. The lowest BCUT2D eigenvalue weighted by Gasteiger charge is -2.11. The number of nitrogens with zero attached hydrogens (tertiary/aromatic N) is 2. The van der Waals surface area contributed by atoms with Gasteiger partial charge in [-0.1, -0.05) is 12.1 Å². The highest BCUT2D eigenvalue weighted by atomic mass is 16.6. The van der Waals surface area contributed by atoms with Crippen molar-refractivity contribution in [2.24, 2.45) is 0 Å². The number of unbranched alkanes of at least 4 members (excludes halogenated alkanes) is 1. The number of aryl methyl sites for hydroxylation is 2. The van der Waals surface area contributed by atoms with Crippen LogP contribution < -0.4 is 0 Å². The van der Waals surface area contributed by atoms with Gasteiger partial charge in [-0.15, -0.1) is 0 Å². The quantitative estimate of drug-likeness (QED) is 0.616. The van der Waals surface area contributed by atoms with E-state index in [1.165, 1.54) is 5.52 Å². The van der Waals surface area contributed by atoms with E-state index in [9.17, 15) is 5.11 Å². The van der Waals surface area contributed by atoms with Crippen LogP contribution in [-0.4, -0.2) is 27.6 Å². The zero-order valence-corrected chi connectivity index (χ0v) is 11.7. The molecule has 2 aromatic rings. The molecule has 104 valence electrons. The predicted octanol–water partition coefficient (Wildman–Crippen LogP) is 2.87. The molecule has 1 N–H and O–H groups in total. The number of hydrogen-bond donors (Lipinski definition) is 1. The van der Waals surface area contributed by atoms with Crippen LogP contribution >= 0.6 is 0 Å². The lowest BCUT2D eigenvalue weighted by Crippen LogP contribution is -2.11. The third kappa shape index (κ3) is 3.55. The minimum atomic E-state index is -0.620. The highest BCUT2D eigenvalue weighted by Crippen LogP contribution is 2.16. The van der Waals surface area contributed by atoms with Gasteiger partial charge in [0.15, 0.2) is 6.29 Å². The van der Waals surface area contributed by atoms with Gasteiger partial charge in [0.1, 0.15) is 5.82 Å².